The Bertz CT molecular complexity index is 771. The van der Waals surface area contributed by atoms with Gasteiger partial charge in [0.1, 0.15) is 0 Å². The second-order valence-electron chi connectivity index (χ2n) is 7.72. The van der Waals surface area contributed by atoms with E-state index in [-0.39, 0.29) is 6.03 Å². The van der Waals surface area contributed by atoms with Gasteiger partial charge in [-0.15, -0.1) is 0 Å². The van der Waals surface area contributed by atoms with Crippen molar-refractivity contribution in [3.05, 3.63) is 65.7 Å². The summed E-state index contributed by atoms with van der Waals surface area (Å²) in [4.78, 5) is 19.4. The summed E-state index contributed by atoms with van der Waals surface area (Å²) in [5.41, 5.74) is 3.72. The summed E-state index contributed by atoms with van der Waals surface area (Å²) < 4.78 is 0. The number of benzene rings is 2. The molecule has 0 atom stereocenters. The van der Waals surface area contributed by atoms with E-state index in [9.17, 15) is 4.79 Å². The van der Waals surface area contributed by atoms with E-state index in [2.05, 4.69) is 51.5 Å². The molecule has 1 N–H and O–H groups in total. The molecular formula is C23H30N4O. The number of anilines is 1. The van der Waals surface area contributed by atoms with E-state index in [0.717, 1.165) is 70.9 Å². The lowest BCUT2D eigenvalue weighted by Crippen LogP contribution is -2.46. The maximum atomic E-state index is 12.5. The van der Waals surface area contributed by atoms with Gasteiger partial charge in [0, 0.05) is 51.5 Å². The highest BCUT2D eigenvalue weighted by Crippen LogP contribution is 2.27. The first kappa shape index (κ1) is 19.0. The molecule has 1 saturated heterocycles. The van der Waals surface area contributed by atoms with Gasteiger partial charge in [0.05, 0.1) is 0 Å². The number of hydrogen-bond acceptors (Lipinski definition) is 3. The summed E-state index contributed by atoms with van der Waals surface area (Å²) in [7, 11) is 0. The molecule has 5 nitrogen and oxygen atoms in total. The van der Waals surface area contributed by atoms with Gasteiger partial charge in [-0.1, -0.05) is 48.5 Å². The number of fused-ring (bicyclic) bond motifs is 1. The van der Waals surface area contributed by atoms with Crippen LogP contribution in [0.4, 0.5) is 10.5 Å². The van der Waals surface area contributed by atoms with Gasteiger partial charge in [0.15, 0.2) is 0 Å². The highest BCUT2D eigenvalue weighted by molar-refractivity contribution is 5.94. The fourth-order valence-electron chi connectivity index (χ4n) is 4.16. The molecule has 0 aromatic heterocycles. The molecule has 28 heavy (non-hydrogen) atoms. The van der Waals surface area contributed by atoms with Crippen LogP contribution in [0.2, 0.25) is 0 Å². The average Bonchev–Trinajstić information content (AvgIpc) is 3.17. The molecule has 0 spiro atoms. The molecule has 2 aromatic rings. The highest BCUT2D eigenvalue weighted by atomic mass is 16.2. The minimum absolute atomic E-state index is 0.0395. The summed E-state index contributed by atoms with van der Waals surface area (Å²) in [5.74, 6) is 0. The zero-order valence-corrected chi connectivity index (χ0v) is 16.5. The van der Waals surface area contributed by atoms with Gasteiger partial charge in [-0.2, -0.15) is 0 Å². The SMILES string of the molecule is O=C(NCCCN1CCN(Cc2ccccc2)CC1)N1CCc2ccccc21. The Morgan fingerprint density at radius 2 is 1.57 bits per heavy atom. The molecule has 0 bridgehead atoms. The zero-order chi connectivity index (χ0) is 19.2. The number of carbonyl (C=O) groups is 1. The molecular weight excluding hydrogens is 348 g/mol. The number of para-hydroxylation sites is 1. The normalized spacial score (nSPS) is 17.5. The van der Waals surface area contributed by atoms with Crippen LogP contribution in [0.1, 0.15) is 17.5 Å². The number of nitrogens with one attached hydrogen (secondary N) is 1. The molecule has 0 saturated carbocycles. The molecule has 2 aliphatic rings. The first-order valence-electron chi connectivity index (χ1n) is 10.4. The van der Waals surface area contributed by atoms with Crippen LogP contribution >= 0.6 is 0 Å². The minimum Gasteiger partial charge on any atom is -0.338 e. The lowest BCUT2D eigenvalue weighted by Gasteiger charge is -2.34. The second-order valence-corrected chi connectivity index (χ2v) is 7.72. The van der Waals surface area contributed by atoms with E-state index in [1.54, 1.807) is 0 Å². The Balaban J connectivity index is 1.13. The first-order valence-corrected chi connectivity index (χ1v) is 10.4. The highest BCUT2D eigenvalue weighted by Gasteiger charge is 2.23. The molecule has 1 fully saturated rings. The molecule has 148 valence electrons. The Kier molecular flexibility index (Phi) is 6.24. The molecule has 5 heteroatoms. The lowest BCUT2D eigenvalue weighted by atomic mass is 10.2. The summed E-state index contributed by atoms with van der Waals surface area (Å²) in [6.45, 7) is 8.08. The number of nitrogens with zero attached hydrogens (tertiary/aromatic N) is 3. The van der Waals surface area contributed by atoms with E-state index in [4.69, 9.17) is 0 Å². The van der Waals surface area contributed by atoms with Crippen molar-refractivity contribution in [1.29, 1.82) is 0 Å². The van der Waals surface area contributed by atoms with E-state index < -0.39 is 0 Å². The number of rotatable bonds is 6. The molecule has 4 rings (SSSR count). The fourth-order valence-corrected chi connectivity index (χ4v) is 4.16. The number of urea groups is 1. The smallest absolute Gasteiger partial charge is 0.321 e. The van der Waals surface area contributed by atoms with Crippen molar-refractivity contribution >= 4 is 11.7 Å². The number of hydrogen-bond donors (Lipinski definition) is 1. The number of amides is 2. The van der Waals surface area contributed by atoms with Crippen LogP contribution in [0.15, 0.2) is 54.6 Å². The van der Waals surface area contributed by atoms with E-state index >= 15 is 0 Å². The van der Waals surface area contributed by atoms with E-state index in [0.29, 0.717) is 0 Å². The quantitative estimate of drug-likeness (QED) is 0.786. The van der Waals surface area contributed by atoms with Gasteiger partial charge in [0.25, 0.3) is 0 Å². The van der Waals surface area contributed by atoms with Gasteiger partial charge in [0.2, 0.25) is 0 Å². The topological polar surface area (TPSA) is 38.8 Å². The lowest BCUT2D eigenvalue weighted by molar-refractivity contribution is 0.126. The summed E-state index contributed by atoms with van der Waals surface area (Å²) in [6.07, 6.45) is 1.96. The number of piperazine rings is 1. The van der Waals surface area contributed by atoms with Crippen molar-refractivity contribution in [1.82, 2.24) is 15.1 Å². The molecule has 2 heterocycles. The third-order valence-electron chi connectivity index (χ3n) is 5.77. The second kappa shape index (κ2) is 9.22. The number of carbonyl (C=O) groups excluding carboxylic acids is 1. The Morgan fingerprint density at radius 1 is 0.857 bits per heavy atom. The Hall–Kier alpha value is -2.37. The molecule has 2 aromatic carbocycles. The van der Waals surface area contributed by atoms with Crippen molar-refractivity contribution in [2.45, 2.75) is 19.4 Å². The third kappa shape index (κ3) is 4.72. The molecule has 0 aliphatic carbocycles. The predicted molar refractivity (Wildman–Crippen MR) is 114 cm³/mol. The van der Waals surface area contributed by atoms with Crippen molar-refractivity contribution in [3.8, 4) is 0 Å². The Labute approximate surface area is 167 Å². The van der Waals surface area contributed by atoms with Crippen molar-refractivity contribution in [3.63, 3.8) is 0 Å². The maximum absolute atomic E-state index is 12.5. The average molecular weight is 379 g/mol. The van der Waals surface area contributed by atoms with E-state index in [1.807, 2.05) is 23.1 Å². The predicted octanol–water partition coefficient (Wildman–Crippen LogP) is 2.97. The molecule has 0 radical (unpaired) electrons. The van der Waals surface area contributed by atoms with E-state index in [1.165, 1.54) is 11.1 Å². The third-order valence-corrected chi connectivity index (χ3v) is 5.77. The van der Waals surface area contributed by atoms with Crippen LogP contribution in [0.5, 0.6) is 0 Å². The summed E-state index contributed by atoms with van der Waals surface area (Å²) in [6, 6.07) is 18.9. The molecule has 2 aliphatic heterocycles. The van der Waals surface area contributed by atoms with Crippen molar-refractivity contribution < 1.29 is 4.79 Å². The molecule has 2 amide bonds. The van der Waals surface area contributed by atoms with Gasteiger partial charge in [-0.3, -0.25) is 9.80 Å². The first-order chi connectivity index (χ1) is 13.8. The molecule has 0 unspecified atom stereocenters. The van der Waals surface area contributed by atoms with Crippen LogP contribution in [0, 0.1) is 0 Å². The largest absolute Gasteiger partial charge is 0.338 e. The van der Waals surface area contributed by atoms with Crippen LogP contribution in [-0.4, -0.2) is 61.6 Å². The fraction of sp³-hybridized carbons (Fsp3) is 0.435. The van der Waals surface area contributed by atoms with Gasteiger partial charge in [-0.25, -0.2) is 4.79 Å². The summed E-state index contributed by atoms with van der Waals surface area (Å²) in [5, 5.41) is 3.10. The minimum atomic E-state index is 0.0395. The van der Waals surface area contributed by atoms with Gasteiger partial charge in [-0.05, 0) is 36.6 Å². The van der Waals surface area contributed by atoms with Crippen LogP contribution in [-0.2, 0) is 13.0 Å². The van der Waals surface area contributed by atoms with Gasteiger partial charge >= 0.3 is 6.03 Å². The van der Waals surface area contributed by atoms with Crippen LogP contribution in [0.25, 0.3) is 0 Å². The van der Waals surface area contributed by atoms with Crippen molar-refractivity contribution in [2.24, 2.45) is 0 Å². The Morgan fingerprint density at radius 3 is 2.39 bits per heavy atom. The van der Waals surface area contributed by atoms with Crippen molar-refractivity contribution in [2.75, 3.05) is 50.7 Å². The van der Waals surface area contributed by atoms with Crippen LogP contribution in [0.3, 0.4) is 0 Å². The van der Waals surface area contributed by atoms with Crippen LogP contribution < -0.4 is 10.2 Å². The maximum Gasteiger partial charge on any atom is 0.321 e. The monoisotopic (exact) mass is 378 g/mol. The zero-order valence-electron chi connectivity index (χ0n) is 16.5. The van der Waals surface area contributed by atoms with Gasteiger partial charge < -0.3 is 10.2 Å². The summed E-state index contributed by atoms with van der Waals surface area (Å²) >= 11 is 0. The standard InChI is InChI=1S/C23H30N4O/c28-23(27-14-11-21-9-4-5-10-22(21)27)24-12-6-13-25-15-17-26(18-16-25)19-20-7-2-1-3-8-20/h1-5,7-10H,6,11-19H2,(H,24,28).